The fourth-order valence-electron chi connectivity index (χ4n) is 1.72. The second-order valence-electron chi connectivity index (χ2n) is 4.30. The van der Waals surface area contributed by atoms with Crippen LogP contribution < -0.4 is 9.47 Å². The molecule has 0 saturated carbocycles. The van der Waals surface area contributed by atoms with Crippen LogP contribution in [0.2, 0.25) is 0 Å². The van der Waals surface area contributed by atoms with E-state index in [1.807, 2.05) is 19.9 Å². The lowest BCUT2D eigenvalue weighted by atomic mass is 10.0. The van der Waals surface area contributed by atoms with Crippen molar-refractivity contribution in [2.75, 3.05) is 0 Å². The first-order valence-electron chi connectivity index (χ1n) is 5.94. The molecule has 0 bridgehead atoms. The summed E-state index contributed by atoms with van der Waals surface area (Å²) in [5, 5.41) is 10.1. The lowest BCUT2D eigenvalue weighted by Gasteiger charge is -2.23. The molecule has 4 nitrogen and oxygen atoms in total. The Morgan fingerprint density at radius 2 is 2.22 bits per heavy atom. The third-order valence-electron chi connectivity index (χ3n) is 2.97. The molecule has 1 aromatic carbocycles. The standard InChI is InChI=1S/C14H16O4/c1-4-13(15)18-12-6-5-11-10(14(12)16)7-8(2)9(3)17-11/h5-7,9,16H,4H2,1-3H3. The van der Waals surface area contributed by atoms with Crippen molar-refractivity contribution in [1.29, 1.82) is 0 Å². The SMILES string of the molecule is CCC(=O)Oc1ccc2c(c1O)C=C(C)C(C)O2. The van der Waals surface area contributed by atoms with Gasteiger partial charge in [-0.15, -0.1) is 0 Å². The van der Waals surface area contributed by atoms with E-state index in [0.717, 1.165) is 5.57 Å². The number of hydrogen-bond donors (Lipinski definition) is 1. The van der Waals surface area contributed by atoms with Crippen LogP contribution in [0.3, 0.4) is 0 Å². The van der Waals surface area contributed by atoms with Gasteiger partial charge in [0.25, 0.3) is 0 Å². The number of phenolic OH excluding ortho intramolecular Hbond substituents is 1. The zero-order valence-electron chi connectivity index (χ0n) is 10.7. The lowest BCUT2D eigenvalue weighted by molar-refractivity contribution is -0.134. The number of carbonyl (C=O) groups is 1. The summed E-state index contributed by atoms with van der Waals surface area (Å²) in [4.78, 5) is 11.2. The highest BCUT2D eigenvalue weighted by Crippen LogP contribution is 2.41. The second-order valence-corrected chi connectivity index (χ2v) is 4.30. The molecule has 0 fully saturated rings. The third kappa shape index (κ3) is 2.18. The predicted octanol–water partition coefficient (Wildman–Crippen LogP) is 2.89. The second kappa shape index (κ2) is 4.72. The van der Waals surface area contributed by atoms with E-state index in [0.29, 0.717) is 11.3 Å². The number of benzene rings is 1. The molecule has 2 rings (SSSR count). The van der Waals surface area contributed by atoms with Gasteiger partial charge in [-0.25, -0.2) is 0 Å². The summed E-state index contributed by atoms with van der Waals surface area (Å²) in [5.41, 5.74) is 1.57. The first-order valence-corrected chi connectivity index (χ1v) is 5.94. The summed E-state index contributed by atoms with van der Waals surface area (Å²) in [6.07, 6.45) is 2.10. The van der Waals surface area contributed by atoms with Crippen LogP contribution in [0.25, 0.3) is 6.08 Å². The molecule has 0 aromatic heterocycles. The van der Waals surface area contributed by atoms with Crippen molar-refractivity contribution in [3.05, 3.63) is 23.3 Å². The Hall–Kier alpha value is -1.97. The molecule has 1 atom stereocenters. The molecule has 96 valence electrons. The van der Waals surface area contributed by atoms with E-state index in [2.05, 4.69) is 0 Å². The van der Waals surface area contributed by atoms with E-state index in [1.54, 1.807) is 19.1 Å². The molecule has 0 saturated heterocycles. The van der Waals surface area contributed by atoms with Crippen molar-refractivity contribution < 1.29 is 19.4 Å². The zero-order chi connectivity index (χ0) is 13.3. The molecule has 4 heteroatoms. The molecule has 1 aromatic rings. The van der Waals surface area contributed by atoms with Crippen molar-refractivity contribution in [3.63, 3.8) is 0 Å². The Balaban J connectivity index is 2.41. The van der Waals surface area contributed by atoms with Gasteiger partial charge in [0.05, 0.1) is 5.56 Å². The largest absolute Gasteiger partial charge is 0.504 e. The quantitative estimate of drug-likeness (QED) is 0.646. The Bertz CT molecular complexity index is 517. The molecule has 0 aliphatic carbocycles. The highest BCUT2D eigenvalue weighted by molar-refractivity contribution is 5.76. The van der Waals surface area contributed by atoms with E-state index in [-0.39, 0.29) is 30.0 Å². The minimum atomic E-state index is -0.379. The number of ether oxygens (including phenoxy) is 2. The maximum absolute atomic E-state index is 11.2. The van der Waals surface area contributed by atoms with Gasteiger partial charge in [0.2, 0.25) is 0 Å². The van der Waals surface area contributed by atoms with E-state index in [9.17, 15) is 9.90 Å². The zero-order valence-corrected chi connectivity index (χ0v) is 10.7. The van der Waals surface area contributed by atoms with Gasteiger partial charge in [0.15, 0.2) is 11.5 Å². The minimum absolute atomic E-state index is 0.0130. The van der Waals surface area contributed by atoms with E-state index < -0.39 is 0 Å². The van der Waals surface area contributed by atoms with Crippen LogP contribution in [0.5, 0.6) is 17.2 Å². The number of carbonyl (C=O) groups excluding carboxylic acids is 1. The fraction of sp³-hybridized carbons (Fsp3) is 0.357. The third-order valence-corrected chi connectivity index (χ3v) is 2.97. The number of phenols is 1. The Labute approximate surface area is 106 Å². The van der Waals surface area contributed by atoms with Gasteiger partial charge < -0.3 is 14.6 Å². The molecule has 1 aliphatic rings. The van der Waals surface area contributed by atoms with Gasteiger partial charge in [-0.05, 0) is 37.6 Å². The molecular formula is C14H16O4. The summed E-state index contributed by atoms with van der Waals surface area (Å²) in [7, 11) is 0. The molecule has 0 spiro atoms. The summed E-state index contributed by atoms with van der Waals surface area (Å²) >= 11 is 0. The van der Waals surface area contributed by atoms with E-state index >= 15 is 0 Å². The topological polar surface area (TPSA) is 55.8 Å². The predicted molar refractivity (Wildman–Crippen MR) is 67.8 cm³/mol. The lowest BCUT2D eigenvalue weighted by Crippen LogP contribution is -2.17. The molecule has 1 unspecified atom stereocenters. The van der Waals surface area contributed by atoms with Gasteiger partial charge in [-0.2, -0.15) is 0 Å². The van der Waals surface area contributed by atoms with Crippen molar-refractivity contribution >= 4 is 12.0 Å². The summed E-state index contributed by atoms with van der Waals surface area (Å²) in [6.45, 7) is 5.57. The fourth-order valence-corrected chi connectivity index (χ4v) is 1.72. The summed E-state index contributed by atoms with van der Waals surface area (Å²) < 4.78 is 10.7. The van der Waals surface area contributed by atoms with Crippen LogP contribution in [0, 0.1) is 0 Å². The van der Waals surface area contributed by atoms with Crippen LogP contribution in [-0.4, -0.2) is 17.2 Å². The van der Waals surface area contributed by atoms with Gasteiger partial charge in [-0.3, -0.25) is 4.79 Å². The average Bonchev–Trinajstić information content (AvgIpc) is 2.35. The van der Waals surface area contributed by atoms with Gasteiger partial charge in [-0.1, -0.05) is 6.92 Å². The molecule has 1 N–H and O–H groups in total. The molecule has 1 heterocycles. The number of aromatic hydroxyl groups is 1. The van der Waals surface area contributed by atoms with Crippen molar-refractivity contribution in [2.45, 2.75) is 33.3 Å². The van der Waals surface area contributed by atoms with Crippen LogP contribution >= 0.6 is 0 Å². The van der Waals surface area contributed by atoms with Crippen LogP contribution in [-0.2, 0) is 4.79 Å². The molecular weight excluding hydrogens is 232 g/mol. The number of hydrogen-bond acceptors (Lipinski definition) is 4. The molecule has 0 amide bonds. The summed E-state index contributed by atoms with van der Waals surface area (Å²) in [5.74, 6) is 0.335. The van der Waals surface area contributed by atoms with Gasteiger partial charge in [0, 0.05) is 6.42 Å². The Morgan fingerprint density at radius 1 is 1.50 bits per heavy atom. The maximum Gasteiger partial charge on any atom is 0.311 e. The Kier molecular flexibility index (Phi) is 3.28. The number of fused-ring (bicyclic) bond motifs is 1. The monoisotopic (exact) mass is 248 g/mol. The van der Waals surface area contributed by atoms with Crippen molar-refractivity contribution in [1.82, 2.24) is 0 Å². The molecule has 18 heavy (non-hydrogen) atoms. The number of esters is 1. The van der Waals surface area contributed by atoms with E-state index in [1.165, 1.54) is 0 Å². The van der Waals surface area contributed by atoms with E-state index in [4.69, 9.17) is 9.47 Å². The molecule has 0 radical (unpaired) electrons. The normalized spacial score (nSPS) is 17.5. The molecule has 1 aliphatic heterocycles. The highest BCUT2D eigenvalue weighted by Gasteiger charge is 2.21. The first-order chi connectivity index (χ1) is 8.52. The number of rotatable bonds is 2. The average molecular weight is 248 g/mol. The van der Waals surface area contributed by atoms with Crippen molar-refractivity contribution in [2.24, 2.45) is 0 Å². The first kappa shape index (κ1) is 12.5. The summed E-state index contributed by atoms with van der Waals surface area (Å²) in [6, 6.07) is 3.25. The van der Waals surface area contributed by atoms with Crippen LogP contribution in [0.4, 0.5) is 0 Å². The van der Waals surface area contributed by atoms with Crippen LogP contribution in [0.15, 0.2) is 17.7 Å². The van der Waals surface area contributed by atoms with Gasteiger partial charge >= 0.3 is 5.97 Å². The van der Waals surface area contributed by atoms with Crippen molar-refractivity contribution in [3.8, 4) is 17.2 Å². The highest BCUT2D eigenvalue weighted by atomic mass is 16.5. The Morgan fingerprint density at radius 3 is 2.89 bits per heavy atom. The van der Waals surface area contributed by atoms with Gasteiger partial charge in [0.1, 0.15) is 11.9 Å². The van der Waals surface area contributed by atoms with Crippen LogP contribution in [0.1, 0.15) is 32.8 Å². The maximum atomic E-state index is 11.2. The minimum Gasteiger partial charge on any atom is -0.504 e. The smallest absolute Gasteiger partial charge is 0.311 e.